The highest BCUT2D eigenvalue weighted by molar-refractivity contribution is 6.17. The van der Waals surface area contributed by atoms with Crippen LogP contribution in [0.3, 0.4) is 0 Å². The standard InChI is InChI=1S/C77H49NO2/c1-5-21-50(22-6-1)55-46-64(53-25-9-3-10-26-53)74-63-34-15-16-37-67(63)77(68(74)47-55,56-29-11-4-12-30-56)57-31-18-32-58(48-57)78(59-42-44-71-66(49-59)75-62(36-19-39-72(75)79-71)52-23-7-2-8-24-52)69-38-20-40-73-76(69)65-45-54(41-43-70(65)80-73)61-35-17-28-51-27-13-14-33-60(51)61/h1-49H. The number of furan rings is 2. The molecule has 2 heterocycles. The summed E-state index contributed by atoms with van der Waals surface area (Å²) in [6.07, 6.45) is 0. The molecule has 1 aliphatic carbocycles. The highest BCUT2D eigenvalue weighted by atomic mass is 16.3. The van der Waals surface area contributed by atoms with E-state index in [4.69, 9.17) is 8.83 Å². The van der Waals surface area contributed by atoms with Crippen LogP contribution in [-0.2, 0) is 5.41 Å². The van der Waals surface area contributed by atoms with Crippen molar-refractivity contribution >= 4 is 71.7 Å². The molecule has 1 aliphatic rings. The molecule has 80 heavy (non-hydrogen) atoms. The molecule has 3 heteroatoms. The highest BCUT2D eigenvalue weighted by Gasteiger charge is 2.47. The Morgan fingerprint density at radius 2 is 0.838 bits per heavy atom. The van der Waals surface area contributed by atoms with E-state index in [1.54, 1.807) is 0 Å². The Kier molecular flexibility index (Phi) is 10.5. The minimum Gasteiger partial charge on any atom is -0.456 e. The Bertz CT molecular complexity index is 4880. The third-order valence-corrected chi connectivity index (χ3v) is 16.7. The van der Waals surface area contributed by atoms with Gasteiger partial charge in [0.2, 0.25) is 0 Å². The molecule has 0 radical (unpaired) electrons. The average Bonchev–Trinajstić information content (AvgIpc) is 4.37. The fourth-order valence-electron chi connectivity index (χ4n) is 13.3. The zero-order valence-corrected chi connectivity index (χ0v) is 43.6. The molecule has 15 aromatic rings. The summed E-state index contributed by atoms with van der Waals surface area (Å²) in [5, 5.41) is 6.63. The van der Waals surface area contributed by atoms with Crippen LogP contribution < -0.4 is 4.90 Å². The number of hydrogen-bond donors (Lipinski definition) is 0. The molecule has 3 nitrogen and oxygen atoms in total. The van der Waals surface area contributed by atoms with E-state index in [1.807, 2.05) is 0 Å². The van der Waals surface area contributed by atoms with Crippen molar-refractivity contribution in [3.05, 3.63) is 320 Å². The third-order valence-electron chi connectivity index (χ3n) is 16.7. The lowest BCUT2D eigenvalue weighted by Gasteiger charge is -2.35. The molecule has 0 amide bonds. The van der Waals surface area contributed by atoms with Gasteiger partial charge in [-0.25, -0.2) is 0 Å². The fraction of sp³-hybridized carbons (Fsp3) is 0.0130. The first-order valence-electron chi connectivity index (χ1n) is 27.5. The minimum atomic E-state index is -0.736. The van der Waals surface area contributed by atoms with Crippen LogP contribution in [0.1, 0.15) is 22.3 Å². The van der Waals surface area contributed by atoms with Gasteiger partial charge in [-0.1, -0.05) is 224 Å². The Balaban J connectivity index is 0.988. The summed E-state index contributed by atoms with van der Waals surface area (Å²) in [6.45, 7) is 0. The van der Waals surface area contributed by atoms with Gasteiger partial charge in [0, 0.05) is 27.5 Å². The summed E-state index contributed by atoms with van der Waals surface area (Å²) < 4.78 is 13.6. The van der Waals surface area contributed by atoms with Gasteiger partial charge in [-0.3, -0.25) is 0 Å². The number of anilines is 3. The van der Waals surface area contributed by atoms with Gasteiger partial charge in [0.1, 0.15) is 22.3 Å². The van der Waals surface area contributed by atoms with E-state index in [0.29, 0.717) is 0 Å². The smallest absolute Gasteiger partial charge is 0.137 e. The van der Waals surface area contributed by atoms with E-state index in [2.05, 4.69) is 302 Å². The molecule has 0 fully saturated rings. The largest absolute Gasteiger partial charge is 0.456 e. The van der Waals surface area contributed by atoms with Crippen LogP contribution in [0.15, 0.2) is 306 Å². The van der Waals surface area contributed by atoms with Gasteiger partial charge in [-0.05, 0) is 161 Å². The molecule has 0 bridgehead atoms. The van der Waals surface area contributed by atoms with Crippen LogP contribution in [0.25, 0.3) is 110 Å². The fourth-order valence-corrected chi connectivity index (χ4v) is 13.3. The van der Waals surface area contributed by atoms with Crippen molar-refractivity contribution in [1.82, 2.24) is 0 Å². The van der Waals surface area contributed by atoms with Gasteiger partial charge in [0.15, 0.2) is 0 Å². The second-order valence-electron chi connectivity index (χ2n) is 21.0. The molecule has 16 rings (SSSR count). The maximum atomic E-state index is 6.88. The number of benzene rings is 13. The minimum absolute atomic E-state index is 0.736. The van der Waals surface area contributed by atoms with Crippen molar-refractivity contribution < 1.29 is 8.83 Å². The normalized spacial score (nSPS) is 13.8. The number of hydrogen-bond acceptors (Lipinski definition) is 3. The van der Waals surface area contributed by atoms with Crippen LogP contribution in [0.2, 0.25) is 0 Å². The van der Waals surface area contributed by atoms with Gasteiger partial charge in [-0.15, -0.1) is 0 Å². The van der Waals surface area contributed by atoms with Crippen LogP contribution >= 0.6 is 0 Å². The van der Waals surface area contributed by atoms with Crippen LogP contribution in [0, 0.1) is 0 Å². The molecule has 374 valence electrons. The highest BCUT2D eigenvalue weighted by Crippen LogP contribution is 2.60. The first-order chi connectivity index (χ1) is 39.7. The van der Waals surface area contributed by atoms with E-state index in [1.165, 1.54) is 66.4 Å². The van der Waals surface area contributed by atoms with E-state index in [9.17, 15) is 0 Å². The molecule has 0 spiro atoms. The lowest BCUT2D eigenvalue weighted by molar-refractivity contribution is 0.668. The molecule has 0 saturated carbocycles. The second kappa shape index (κ2) is 18.3. The summed E-state index contributed by atoms with van der Waals surface area (Å²) in [5.41, 5.74) is 22.3. The predicted octanol–water partition coefficient (Wildman–Crippen LogP) is 21.1. The quantitative estimate of drug-likeness (QED) is 0.144. The summed E-state index contributed by atoms with van der Waals surface area (Å²) in [5.74, 6) is 0. The molecule has 2 aromatic heterocycles. The molecule has 0 aliphatic heterocycles. The first-order valence-corrected chi connectivity index (χ1v) is 27.5. The Labute approximate surface area is 463 Å². The Hall–Kier alpha value is -10.5. The van der Waals surface area contributed by atoms with Gasteiger partial charge >= 0.3 is 0 Å². The van der Waals surface area contributed by atoms with Gasteiger partial charge in [0.25, 0.3) is 0 Å². The number of fused-ring (bicyclic) bond motifs is 10. The van der Waals surface area contributed by atoms with Gasteiger partial charge < -0.3 is 13.7 Å². The second-order valence-corrected chi connectivity index (χ2v) is 21.0. The van der Waals surface area contributed by atoms with Gasteiger partial charge in [0.05, 0.1) is 16.5 Å². The molecule has 13 aromatic carbocycles. The average molecular weight is 1020 g/mol. The van der Waals surface area contributed by atoms with E-state index >= 15 is 0 Å². The maximum Gasteiger partial charge on any atom is 0.137 e. The Morgan fingerprint density at radius 1 is 0.275 bits per heavy atom. The van der Waals surface area contributed by atoms with Crippen LogP contribution in [0.4, 0.5) is 17.1 Å². The topological polar surface area (TPSA) is 29.5 Å². The van der Waals surface area contributed by atoms with Crippen molar-refractivity contribution in [3.8, 4) is 55.6 Å². The lowest BCUT2D eigenvalue weighted by Crippen LogP contribution is -2.29. The monoisotopic (exact) mass is 1020 g/mol. The maximum absolute atomic E-state index is 6.88. The van der Waals surface area contributed by atoms with Crippen molar-refractivity contribution in [1.29, 1.82) is 0 Å². The van der Waals surface area contributed by atoms with Crippen molar-refractivity contribution in [2.45, 2.75) is 5.41 Å². The Morgan fingerprint density at radius 3 is 1.62 bits per heavy atom. The summed E-state index contributed by atoms with van der Waals surface area (Å²) in [6, 6.07) is 108. The summed E-state index contributed by atoms with van der Waals surface area (Å²) in [7, 11) is 0. The molecule has 1 unspecified atom stereocenters. The van der Waals surface area contributed by atoms with Crippen LogP contribution in [0.5, 0.6) is 0 Å². The zero-order chi connectivity index (χ0) is 52.7. The molecule has 0 saturated heterocycles. The van der Waals surface area contributed by atoms with E-state index in [0.717, 1.165) is 83.2 Å². The summed E-state index contributed by atoms with van der Waals surface area (Å²) in [4.78, 5) is 2.45. The SMILES string of the molecule is c1ccc(-c2cc(-c3ccccc3)c3c(c2)C(c2ccccc2)(c2cccc(N(c4ccc5oc6cccc(-c7ccccc7)c6c5c4)c4cccc5oc6ccc(-c7cccc8ccccc78)cc6c45)c2)c2ccccc2-3)cc1. The molecular formula is C77H49NO2. The molecular weight excluding hydrogens is 971 g/mol. The van der Waals surface area contributed by atoms with Crippen molar-refractivity contribution in [2.75, 3.05) is 4.90 Å². The first kappa shape index (κ1) is 45.7. The van der Waals surface area contributed by atoms with Crippen LogP contribution in [-0.4, -0.2) is 0 Å². The molecule has 1 atom stereocenters. The third kappa shape index (κ3) is 7.07. The predicted molar refractivity (Wildman–Crippen MR) is 332 cm³/mol. The van der Waals surface area contributed by atoms with E-state index in [-0.39, 0.29) is 0 Å². The van der Waals surface area contributed by atoms with E-state index < -0.39 is 5.41 Å². The van der Waals surface area contributed by atoms with Gasteiger partial charge in [-0.2, -0.15) is 0 Å². The van der Waals surface area contributed by atoms with Crippen molar-refractivity contribution in [3.63, 3.8) is 0 Å². The summed E-state index contributed by atoms with van der Waals surface area (Å²) >= 11 is 0. The number of nitrogens with zero attached hydrogens (tertiary/aromatic N) is 1. The van der Waals surface area contributed by atoms with Crippen molar-refractivity contribution in [2.24, 2.45) is 0 Å². The number of rotatable bonds is 9. The zero-order valence-electron chi connectivity index (χ0n) is 43.6. The lowest BCUT2D eigenvalue weighted by atomic mass is 9.67. The molecule has 0 N–H and O–H groups in total.